The van der Waals surface area contributed by atoms with Crippen molar-refractivity contribution >= 4 is 22.8 Å². The Morgan fingerprint density at radius 2 is 2.05 bits per heavy atom. The lowest BCUT2D eigenvalue weighted by atomic mass is 10.1. The molecule has 3 atom stereocenters. The van der Waals surface area contributed by atoms with Gasteiger partial charge in [0, 0.05) is 31.4 Å². The molecule has 0 aromatic carbocycles. The first-order valence-corrected chi connectivity index (χ1v) is 7.01. The summed E-state index contributed by atoms with van der Waals surface area (Å²) in [5, 5.41) is 9.13. The summed E-state index contributed by atoms with van der Waals surface area (Å²) in [4.78, 5) is 23.6. The smallest absolute Gasteiger partial charge is 0.316 e. The average molecular weight is 299 g/mol. The van der Waals surface area contributed by atoms with E-state index in [1.807, 2.05) is 19.9 Å². The third-order valence-corrected chi connectivity index (χ3v) is 3.67. The Morgan fingerprint density at radius 3 is 2.55 bits per heavy atom. The molecule has 7 heteroatoms. The number of nitrogens with zero attached hydrogens (tertiary/aromatic N) is 4. The van der Waals surface area contributed by atoms with E-state index in [1.165, 1.54) is 0 Å². The van der Waals surface area contributed by atoms with Crippen LogP contribution in [-0.2, 0) is 0 Å². The fourth-order valence-electron chi connectivity index (χ4n) is 2.60. The number of piperazine rings is 1. The highest BCUT2D eigenvalue weighted by molar-refractivity contribution is 6.62. The number of aromatic nitrogens is 2. The zero-order chi connectivity index (χ0) is 14.9. The summed E-state index contributed by atoms with van der Waals surface area (Å²) in [6.45, 7) is 6.85. The first-order chi connectivity index (χ1) is 9.40. The molecular weight excluding hydrogens is 280 g/mol. The number of aliphatic hydroxyl groups is 1. The van der Waals surface area contributed by atoms with Crippen LogP contribution >= 0.6 is 11.6 Å². The van der Waals surface area contributed by atoms with Gasteiger partial charge in [-0.05, 0) is 38.4 Å². The molecule has 1 N–H and O–H groups in total. The standard InChI is InChI=1S/C13H19ClN4O2/c1-8-6-17(7-9(2)18(8)13(14)20)11-4-5-15-12(16-11)10(3)19/h4-5,8-10,19H,6-7H2,1-3H3/t8-,9+,10-/m1/s1. The Labute approximate surface area is 123 Å². The summed E-state index contributed by atoms with van der Waals surface area (Å²) in [6.07, 6.45) is 0.939. The number of aliphatic hydroxyl groups excluding tert-OH is 1. The molecule has 2 rings (SSSR count). The second-order valence-corrected chi connectivity index (χ2v) is 5.54. The van der Waals surface area contributed by atoms with Crippen molar-refractivity contribution in [3.8, 4) is 0 Å². The van der Waals surface area contributed by atoms with Crippen molar-refractivity contribution in [1.29, 1.82) is 0 Å². The maximum absolute atomic E-state index is 11.4. The van der Waals surface area contributed by atoms with Crippen molar-refractivity contribution in [1.82, 2.24) is 14.9 Å². The van der Waals surface area contributed by atoms with E-state index in [0.29, 0.717) is 18.9 Å². The summed E-state index contributed by atoms with van der Waals surface area (Å²) in [6, 6.07) is 1.83. The molecule has 110 valence electrons. The van der Waals surface area contributed by atoms with Gasteiger partial charge in [0.05, 0.1) is 0 Å². The van der Waals surface area contributed by atoms with Gasteiger partial charge < -0.3 is 14.9 Å². The minimum atomic E-state index is -0.699. The Morgan fingerprint density at radius 1 is 1.45 bits per heavy atom. The van der Waals surface area contributed by atoms with Gasteiger partial charge in [0.2, 0.25) is 0 Å². The third kappa shape index (κ3) is 3.02. The summed E-state index contributed by atoms with van der Waals surface area (Å²) in [5.41, 5.74) is 0. The number of carbonyl (C=O) groups excluding carboxylic acids is 1. The molecule has 1 fully saturated rings. The number of rotatable bonds is 2. The van der Waals surface area contributed by atoms with Gasteiger partial charge in [-0.25, -0.2) is 9.97 Å². The largest absolute Gasteiger partial charge is 0.385 e. The lowest BCUT2D eigenvalue weighted by molar-refractivity contribution is 0.162. The molecule has 0 spiro atoms. The number of halogens is 1. The second-order valence-electron chi connectivity index (χ2n) is 5.21. The SMILES string of the molecule is C[C@@H]1CN(c2ccnc([C@@H](C)O)n2)C[C@H](C)N1C(=O)Cl. The minimum Gasteiger partial charge on any atom is -0.385 e. The van der Waals surface area contributed by atoms with Crippen LogP contribution in [0.25, 0.3) is 0 Å². The molecule has 6 nitrogen and oxygen atoms in total. The highest BCUT2D eigenvalue weighted by Gasteiger charge is 2.32. The lowest BCUT2D eigenvalue weighted by Gasteiger charge is -2.43. The van der Waals surface area contributed by atoms with E-state index < -0.39 is 11.5 Å². The van der Waals surface area contributed by atoms with Crippen molar-refractivity contribution in [2.75, 3.05) is 18.0 Å². The van der Waals surface area contributed by atoms with Crippen LogP contribution in [0, 0.1) is 0 Å². The molecule has 1 aliphatic heterocycles. The van der Waals surface area contributed by atoms with E-state index in [9.17, 15) is 9.90 Å². The zero-order valence-electron chi connectivity index (χ0n) is 11.8. The molecule has 0 saturated carbocycles. The Kier molecular flexibility index (Phi) is 4.45. The van der Waals surface area contributed by atoms with E-state index in [0.717, 1.165) is 5.82 Å². The van der Waals surface area contributed by atoms with Crippen molar-refractivity contribution in [2.24, 2.45) is 0 Å². The number of anilines is 1. The van der Waals surface area contributed by atoms with Gasteiger partial charge in [-0.15, -0.1) is 0 Å². The van der Waals surface area contributed by atoms with E-state index in [2.05, 4.69) is 14.9 Å². The van der Waals surface area contributed by atoms with E-state index >= 15 is 0 Å². The number of hydrogen-bond donors (Lipinski definition) is 1. The van der Waals surface area contributed by atoms with Gasteiger partial charge in [-0.1, -0.05) is 0 Å². The van der Waals surface area contributed by atoms with Crippen LogP contribution in [0.4, 0.5) is 10.6 Å². The van der Waals surface area contributed by atoms with Crippen LogP contribution in [0.2, 0.25) is 0 Å². The van der Waals surface area contributed by atoms with Crippen LogP contribution in [0.3, 0.4) is 0 Å². The molecule has 0 bridgehead atoms. The zero-order valence-corrected chi connectivity index (χ0v) is 12.6. The van der Waals surface area contributed by atoms with Crippen LogP contribution < -0.4 is 4.90 Å². The Bertz CT molecular complexity index is 485. The molecule has 20 heavy (non-hydrogen) atoms. The molecule has 1 saturated heterocycles. The third-order valence-electron chi connectivity index (χ3n) is 3.48. The molecular formula is C13H19ClN4O2. The Hall–Kier alpha value is -1.40. The van der Waals surface area contributed by atoms with Gasteiger partial charge in [0.15, 0.2) is 5.82 Å². The molecule has 1 aliphatic rings. The van der Waals surface area contributed by atoms with Crippen LogP contribution in [0.5, 0.6) is 0 Å². The van der Waals surface area contributed by atoms with Gasteiger partial charge in [-0.2, -0.15) is 0 Å². The van der Waals surface area contributed by atoms with E-state index in [4.69, 9.17) is 11.6 Å². The number of amides is 1. The predicted molar refractivity (Wildman–Crippen MR) is 76.9 cm³/mol. The fraction of sp³-hybridized carbons (Fsp3) is 0.615. The summed E-state index contributed by atoms with van der Waals surface area (Å²) >= 11 is 5.62. The van der Waals surface area contributed by atoms with Gasteiger partial charge in [0.25, 0.3) is 0 Å². The highest BCUT2D eigenvalue weighted by atomic mass is 35.5. The molecule has 2 heterocycles. The molecule has 1 aromatic heterocycles. The van der Waals surface area contributed by atoms with E-state index in [1.54, 1.807) is 18.0 Å². The molecule has 1 amide bonds. The normalized spacial score (nSPS) is 24.6. The molecule has 0 radical (unpaired) electrons. The lowest BCUT2D eigenvalue weighted by Crippen LogP contribution is -2.57. The van der Waals surface area contributed by atoms with Crippen molar-refractivity contribution in [2.45, 2.75) is 39.0 Å². The van der Waals surface area contributed by atoms with E-state index in [-0.39, 0.29) is 12.1 Å². The van der Waals surface area contributed by atoms with Crippen LogP contribution in [-0.4, -0.2) is 50.5 Å². The van der Waals surface area contributed by atoms with Crippen LogP contribution in [0.1, 0.15) is 32.7 Å². The van der Waals surface area contributed by atoms with Gasteiger partial charge in [-0.3, -0.25) is 4.79 Å². The fourth-order valence-corrected chi connectivity index (χ4v) is 2.93. The second kappa shape index (κ2) is 5.93. The van der Waals surface area contributed by atoms with Gasteiger partial charge >= 0.3 is 5.37 Å². The summed E-state index contributed by atoms with van der Waals surface area (Å²) < 4.78 is 0. The van der Waals surface area contributed by atoms with Crippen molar-refractivity contribution < 1.29 is 9.90 Å². The topological polar surface area (TPSA) is 69.6 Å². The summed E-state index contributed by atoms with van der Waals surface area (Å²) in [5.74, 6) is 1.16. The summed E-state index contributed by atoms with van der Waals surface area (Å²) in [7, 11) is 0. The number of carbonyl (C=O) groups is 1. The van der Waals surface area contributed by atoms with Crippen molar-refractivity contribution in [3.05, 3.63) is 18.1 Å². The minimum absolute atomic E-state index is 0.00807. The monoisotopic (exact) mass is 298 g/mol. The van der Waals surface area contributed by atoms with Crippen LogP contribution in [0.15, 0.2) is 12.3 Å². The molecule has 0 unspecified atom stereocenters. The Balaban J connectivity index is 2.19. The van der Waals surface area contributed by atoms with Crippen molar-refractivity contribution in [3.63, 3.8) is 0 Å². The number of hydrogen-bond acceptors (Lipinski definition) is 5. The molecule has 1 aromatic rings. The predicted octanol–water partition coefficient (Wildman–Crippen LogP) is 1.79. The quantitative estimate of drug-likeness (QED) is 0.666. The first-order valence-electron chi connectivity index (χ1n) is 6.64. The highest BCUT2D eigenvalue weighted by Crippen LogP contribution is 2.22. The maximum Gasteiger partial charge on any atom is 0.316 e. The first kappa shape index (κ1) is 15.0. The average Bonchev–Trinajstić information content (AvgIpc) is 2.37. The van der Waals surface area contributed by atoms with Gasteiger partial charge in [0.1, 0.15) is 11.9 Å². The molecule has 0 aliphatic carbocycles. The maximum atomic E-state index is 11.4.